The first kappa shape index (κ1) is 13.5. The van der Waals surface area contributed by atoms with Gasteiger partial charge in [-0.1, -0.05) is 0 Å². The number of hydrogen-bond acceptors (Lipinski definition) is 3. The number of hydrogen-bond donors (Lipinski definition) is 0. The monoisotopic (exact) mass is 365 g/mol. The van der Waals surface area contributed by atoms with Crippen LogP contribution in [0.4, 0.5) is 13.2 Å². The van der Waals surface area contributed by atoms with Gasteiger partial charge < -0.3 is 4.74 Å². The van der Waals surface area contributed by atoms with Gasteiger partial charge in [-0.3, -0.25) is 4.79 Å². The van der Waals surface area contributed by atoms with Gasteiger partial charge >= 0.3 is 6.36 Å². The molecule has 0 unspecified atom stereocenters. The first-order valence-electron chi connectivity index (χ1n) is 3.83. The Morgan fingerprint density at radius 2 is 2.19 bits per heavy atom. The molecule has 1 aromatic rings. The van der Waals surface area contributed by atoms with Crippen LogP contribution in [0.1, 0.15) is 15.9 Å². The molecule has 0 bridgehead atoms. The molecule has 3 nitrogen and oxygen atoms in total. The molecule has 0 spiro atoms. The fraction of sp³-hybridized carbons (Fsp3) is 0.250. The number of rotatable bonds is 3. The van der Waals surface area contributed by atoms with E-state index in [4.69, 9.17) is 11.6 Å². The molecule has 0 amide bonds. The van der Waals surface area contributed by atoms with Gasteiger partial charge in [-0.15, -0.1) is 24.8 Å². The van der Waals surface area contributed by atoms with E-state index in [9.17, 15) is 18.0 Å². The Kier molecular flexibility index (Phi) is 4.36. The van der Waals surface area contributed by atoms with Crippen molar-refractivity contribution in [2.45, 2.75) is 12.2 Å². The summed E-state index contributed by atoms with van der Waals surface area (Å²) in [6, 6.07) is 0. The standard InChI is InChI=1S/C8H4ClF3INO2/c9-1-4-2-14-7(13)6(5(4)3-15)16-8(10,11)12/h2-3H,1H2. The third-order valence-corrected chi connectivity index (χ3v) is 2.65. The van der Waals surface area contributed by atoms with Gasteiger partial charge in [-0.25, -0.2) is 4.98 Å². The summed E-state index contributed by atoms with van der Waals surface area (Å²) >= 11 is 7.01. The summed E-state index contributed by atoms with van der Waals surface area (Å²) in [6.07, 6.45) is -3.37. The fourth-order valence-corrected chi connectivity index (χ4v) is 1.72. The van der Waals surface area contributed by atoms with Crippen LogP contribution < -0.4 is 4.74 Å². The Morgan fingerprint density at radius 3 is 2.62 bits per heavy atom. The number of aromatic nitrogens is 1. The number of carbonyl (C=O) groups is 1. The lowest BCUT2D eigenvalue weighted by Crippen LogP contribution is -2.19. The van der Waals surface area contributed by atoms with Gasteiger partial charge in [0.1, 0.15) is 3.70 Å². The fourth-order valence-electron chi connectivity index (χ4n) is 0.968. The lowest BCUT2D eigenvalue weighted by molar-refractivity contribution is -0.275. The molecule has 0 aromatic carbocycles. The largest absolute Gasteiger partial charge is 0.573 e. The first-order chi connectivity index (χ1) is 7.39. The number of ether oxygens (including phenoxy) is 1. The molecule has 0 radical (unpaired) electrons. The zero-order valence-electron chi connectivity index (χ0n) is 7.52. The SMILES string of the molecule is O=Cc1c(CCl)cnc(I)c1OC(F)(F)F. The highest BCUT2D eigenvalue weighted by Gasteiger charge is 2.34. The lowest BCUT2D eigenvalue weighted by atomic mass is 10.1. The molecule has 0 saturated heterocycles. The summed E-state index contributed by atoms with van der Waals surface area (Å²) in [4.78, 5) is 14.4. The van der Waals surface area contributed by atoms with Crippen LogP contribution in [0.15, 0.2) is 6.20 Å². The maximum atomic E-state index is 12.1. The smallest absolute Gasteiger partial charge is 0.402 e. The minimum absolute atomic E-state index is 0.0501. The zero-order valence-corrected chi connectivity index (χ0v) is 10.4. The summed E-state index contributed by atoms with van der Waals surface area (Å²) in [7, 11) is 0. The van der Waals surface area contributed by atoms with Gasteiger partial charge in [0.15, 0.2) is 12.0 Å². The van der Waals surface area contributed by atoms with Crippen LogP contribution in [0.3, 0.4) is 0 Å². The van der Waals surface area contributed by atoms with Crippen LogP contribution in [0, 0.1) is 3.70 Å². The molecule has 88 valence electrons. The number of halogens is 5. The Balaban J connectivity index is 3.29. The number of alkyl halides is 4. The van der Waals surface area contributed by atoms with Crippen LogP contribution >= 0.6 is 34.2 Å². The third kappa shape index (κ3) is 3.21. The average Bonchev–Trinajstić information content (AvgIpc) is 2.19. The molecule has 0 fully saturated rings. The van der Waals surface area contributed by atoms with Crippen molar-refractivity contribution < 1.29 is 22.7 Å². The van der Waals surface area contributed by atoms with E-state index in [1.165, 1.54) is 6.20 Å². The molecule has 0 aliphatic heterocycles. The van der Waals surface area contributed by atoms with Gasteiger partial charge in [-0.05, 0) is 28.2 Å². The summed E-state index contributed by atoms with van der Waals surface area (Å²) < 4.78 is 39.9. The van der Waals surface area contributed by atoms with E-state index in [0.717, 1.165) is 0 Å². The van der Waals surface area contributed by atoms with Crippen molar-refractivity contribution in [1.82, 2.24) is 4.98 Å². The molecule has 1 aromatic heterocycles. The van der Waals surface area contributed by atoms with Crippen LogP contribution in [-0.4, -0.2) is 17.6 Å². The topological polar surface area (TPSA) is 39.2 Å². The average molecular weight is 365 g/mol. The second kappa shape index (κ2) is 5.17. The molecule has 1 heterocycles. The minimum Gasteiger partial charge on any atom is -0.402 e. The second-order valence-corrected chi connectivity index (χ2v) is 3.91. The molecule has 1 rings (SSSR count). The van der Waals surface area contributed by atoms with Crippen molar-refractivity contribution in [2.75, 3.05) is 0 Å². The first-order valence-corrected chi connectivity index (χ1v) is 5.44. The Morgan fingerprint density at radius 1 is 1.56 bits per heavy atom. The van der Waals surface area contributed by atoms with E-state index in [0.29, 0.717) is 0 Å². The predicted molar refractivity (Wildman–Crippen MR) is 58.6 cm³/mol. The molecule has 0 aliphatic carbocycles. The van der Waals surface area contributed by atoms with Crippen LogP contribution in [0.5, 0.6) is 5.75 Å². The van der Waals surface area contributed by atoms with E-state index in [1.807, 2.05) is 0 Å². The zero-order chi connectivity index (χ0) is 12.3. The van der Waals surface area contributed by atoms with Gasteiger partial charge in [0.2, 0.25) is 0 Å². The summed E-state index contributed by atoms with van der Waals surface area (Å²) in [5.41, 5.74) is -0.0388. The Bertz CT molecular complexity index is 411. The van der Waals surface area contributed by atoms with Crippen LogP contribution in [0.25, 0.3) is 0 Å². The number of carbonyl (C=O) groups excluding carboxylic acids is 1. The van der Waals surface area contributed by atoms with E-state index >= 15 is 0 Å². The third-order valence-electron chi connectivity index (χ3n) is 1.59. The molecule has 8 heteroatoms. The van der Waals surface area contributed by atoms with E-state index in [2.05, 4.69) is 9.72 Å². The highest BCUT2D eigenvalue weighted by Crippen LogP contribution is 2.31. The predicted octanol–water partition coefficient (Wildman–Crippen LogP) is 3.14. The van der Waals surface area contributed by atoms with Crippen LogP contribution in [-0.2, 0) is 5.88 Å². The molecule has 0 aliphatic rings. The van der Waals surface area contributed by atoms with Gasteiger partial charge in [0.05, 0.1) is 5.56 Å². The van der Waals surface area contributed by atoms with Crippen LogP contribution in [0.2, 0.25) is 0 Å². The Labute approximate surface area is 107 Å². The Hall–Kier alpha value is -0.570. The molecular formula is C8H4ClF3INO2. The maximum absolute atomic E-state index is 12.1. The maximum Gasteiger partial charge on any atom is 0.573 e. The lowest BCUT2D eigenvalue weighted by Gasteiger charge is -2.13. The normalized spacial score (nSPS) is 11.3. The molecule has 16 heavy (non-hydrogen) atoms. The molecule has 0 atom stereocenters. The highest BCUT2D eigenvalue weighted by atomic mass is 127. The highest BCUT2D eigenvalue weighted by molar-refractivity contribution is 14.1. The van der Waals surface area contributed by atoms with Gasteiger partial charge in [-0.2, -0.15) is 0 Å². The van der Waals surface area contributed by atoms with Crippen molar-refractivity contribution >= 4 is 40.5 Å². The summed E-state index contributed by atoms with van der Waals surface area (Å²) in [6.45, 7) is 0. The van der Waals surface area contributed by atoms with Crippen molar-refractivity contribution in [3.63, 3.8) is 0 Å². The van der Waals surface area contributed by atoms with E-state index in [1.54, 1.807) is 22.6 Å². The van der Waals surface area contributed by atoms with Gasteiger partial charge in [0.25, 0.3) is 0 Å². The second-order valence-electron chi connectivity index (χ2n) is 2.62. The molecule has 0 saturated carbocycles. The molecule has 0 N–H and O–H groups in total. The summed E-state index contributed by atoms with van der Waals surface area (Å²) in [5, 5.41) is 0. The van der Waals surface area contributed by atoms with E-state index in [-0.39, 0.29) is 27.0 Å². The minimum atomic E-state index is -4.87. The quantitative estimate of drug-likeness (QED) is 0.358. The van der Waals surface area contributed by atoms with E-state index < -0.39 is 12.1 Å². The van der Waals surface area contributed by atoms with Crippen molar-refractivity contribution in [3.05, 3.63) is 21.0 Å². The number of nitrogens with zero attached hydrogens (tertiary/aromatic N) is 1. The van der Waals surface area contributed by atoms with Crippen molar-refractivity contribution in [3.8, 4) is 5.75 Å². The number of aldehydes is 1. The van der Waals surface area contributed by atoms with Crippen molar-refractivity contribution in [2.24, 2.45) is 0 Å². The van der Waals surface area contributed by atoms with Gasteiger partial charge in [0, 0.05) is 12.1 Å². The molecular weight excluding hydrogens is 361 g/mol. The van der Waals surface area contributed by atoms with Crippen molar-refractivity contribution in [1.29, 1.82) is 0 Å². The summed E-state index contributed by atoms with van der Waals surface area (Å²) in [5.74, 6) is -0.729. The number of pyridine rings is 1.